The van der Waals surface area contributed by atoms with Gasteiger partial charge in [-0.3, -0.25) is 4.79 Å². The second-order valence-electron chi connectivity index (χ2n) is 10.2. The Morgan fingerprint density at radius 3 is 2.26 bits per heavy atom. The van der Waals surface area contributed by atoms with Gasteiger partial charge >= 0.3 is 5.97 Å². The van der Waals surface area contributed by atoms with Gasteiger partial charge in [-0.1, -0.05) is 18.2 Å². The van der Waals surface area contributed by atoms with Crippen molar-refractivity contribution in [2.24, 2.45) is 17.8 Å². The highest BCUT2D eigenvalue weighted by molar-refractivity contribution is 5.93. The van der Waals surface area contributed by atoms with Crippen LogP contribution in [0.25, 0.3) is 0 Å². The van der Waals surface area contributed by atoms with Gasteiger partial charge in [0.2, 0.25) is 0 Å². The third kappa shape index (κ3) is 4.37. The van der Waals surface area contributed by atoms with E-state index in [0.29, 0.717) is 40.4 Å². The minimum atomic E-state index is -0.476. The number of rotatable bonds is 9. The lowest BCUT2D eigenvalue weighted by Crippen LogP contribution is -2.49. The van der Waals surface area contributed by atoms with Gasteiger partial charge in [-0.05, 0) is 87.5 Å². The zero-order chi connectivity index (χ0) is 23.7. The lowest BCUT2D eigenvalue weighted by atomic mass is 9.47. The van der Waals surface area contributed by atoms with Crippen LogP contribution in [0.2, 0.25) is 0 Å². The van der Waals surface area contributed by atoms with Gasteiger partial charge in [0, 0.05) is 18.1 Å². The summed E-state index contributed by atoms with van der Waals surface area (Å²) in [4.78, 5) is 25.2. The van der Waals surface area contributed by atoms with Gasteiger partial charge in [0.1, 0.15) is 11.5 Å². The van der Waals surface area contributed by atoms with Gasteiger partial charge in [-0.2, -0.15) is 0 Å². The third-order valence-corrected chi connectivity index (χ3v) is 7.90. The molecule has 0 amide bonds. The van der Waals surface area contributed by atoms with Gasteiger partial charge in [-0.25, -0.2) is 4.79 Å². The average Bonchev–Trinajstić information content (AvgIpc) is 2.83. The van der Waals surface area contributed by atoms with E-state index in [0.717, 1.165) is 31.1 Å². The van der Waals surface area contributed by atoms with E-state index in [1.54, 1.807) is 44.4 Å². The SMILES string of the molecule is COC(C)OCOc1ccc(C=O)c(OC(=O)c2ccccc2)c1C12CC3CC(CC(C3)C1)C2. The van der Waals surface area contributed by atoms with E-state index in [1.807, 2.05) is 12.1 Å². The van der Waals surface area contributed by atoms with Crippen LogP contribution in [-0.2, 0) is 14.9 Å². The van der Waals surface area contributed by atoms with E-state index in [4.69, 9.17) is 18.9 Å². The fraction of sp³-hybridized carbons (Fsp3) is 0.500. The zero-order valence-corrected chi connectivity index (χ0v) is 19.8. The minimum Gasteiger partial charge on any atom is -0.467 e. The van der Waals surface area contributed by atoms with E-state index in [9.17, 15) is 9.59 Å². The van der Waals surface area contributed by atoms with E-state index in [1.165, 1.54) is 19.3 Å². The van der Waals surface area contributed by atoms with Gasteiger partial charge in [0.25, 0.3) is 0 Å². The molecule has 1 atom stereocenters. The van der Waals surface area contributed by atoms with Crippen LogP contribution in [0.3, 0.4) is 0 Å². The van der Waals surface area contributed by atoms with Crippen LogP contribution in [0.5, 0.6) is 11.5 Å². The second kappa shape index (κ2) is 9.51. The molecular formula is C28H32O6. The summed E-state index contributed by atoms with van der Waals surface area (Å²) in [5.74, 6) is 2.48. The zero-order valence-electron chi connectivity index (χ0n) is 19.8. The summed E-state index contributed by atoms with van der Waals surface area (Å²) in [6.45, 7) is 1.80. The fourth-order valence-electron chi connectivity index (χ4n) is 6.81. The van der Waals surface area contributed by atoms with Crippen LogP contribution in [0.4, 0.5) is 0 Å². The molecule has 4 saturated carbocycles. The normalized spacial score (nSPS) is 27.9. The molecule has 0 saturated heterocycles. The maximum Gasteiger partial charge on any atom is 0.343 e. The second-order valence-corrected chi connectivity index (χ2v) is 10.2. The van der Waals surface area contributed by atoms with Crippen LogP contribution in [0.15, 0.2) is 42.5 Å². The topological polar surface area (TPSA) is 71.1 Å². The number of esters is 1. The van der Waals surface area contributed by atoms with Gasteiger partial charge in [0.15, 0.2) is 19.4 Å². The van der Waals surface area contributed by atoms with E-state index in [-0.39, 0.29) is 12.2 Å². The summed E-state index contributed by atoms with van der Waals surface area (Å²) in [6, 6.07) is 12.4. The number of ether oxygens (including phenoxy) is 4. The number of hydrogen-bond donors (Lipinski definition) is 0. The Labute approximate surface area is 200 Å². The molecule has 4 bridgehead atoms. The summed E-state index contributed by atoms with van der Waals surface area (Å²) in [6.07, 6.45) is 7.27. The van der Waals surface area contributed by atoms with Crippen molar-refractivity contribution in [1.29, 1.82) is 0 Å². The summed E-state index contributed by atoms with van der Waals surface area (Å²) >= 11 is 0. The predicted octanol–water partition coefficient (Wildman–Crippen LogP) is 5.53. The number of aldehydes is 1. The first kappa shape index (κ1) is 23.1. The highest BCUT2D eigenvalue weighted by Gasteiger charge is 2.54. The van der Waals surface area contributed by atoms with Crippen LogP contribution in [0.1, 0.15) is 71.7 Å². The van der Waals surface area contributed by atoms with Crippen LogP contribution >= 0.6 is 0 Å². The fourth-order valence-corrected chi connectivity index (χ4v) is 6.81. The molecule has 6 nitrogen and oxygen atoms in total. The molecule has 4 fully saturated rings. The molecule has 6 heteroatoms. The third-order valence-electron chi connectivity index (χ3n) is 7.90. The van der Waals surface area contributed by atoms with Gasteiger partial charge in [-0.15, -0.1) is 0 Å². The number of carbonyl (C=O) groups excluding carboxylic acids is 2. The summed E-state index contributed by atoms with van der Waals surface area (Å²) < 4.78 is 22.9. The molecule has 0 radical (unpaired) electrons. The maximum atomic E-state index is 13.1. The van der Waals surface area contributed by atoms with Crippen molar-refractivity contribution in [1.82, 2.24) is 0 Å². The van der Waals surface area contributed by atoms with Crippen molar-refractivity contribution in [3.63, 3.8) is 0 Å². The van der Waals surface area contributed by atoms with Crippen molar-refractivity contribution in [2.75, 3.05) is 13.9 Å². The number of hydrogen-bond acceptors (Lipinski definition) is 6. The quantitative estimate of drug-likeness (QED) is 0.210. The molecule has 0 spiro atoms. The Hall–Kier alpha value is -2.70. The van der Waals surface area contributed by atoms with E-state index >= 15 is 0 Å². The largest absolute Gasteiger partial charge is 0.467 e. The van der Waals surface area contributed by atoms with Crippen molar-refractivity contribution in [3.8, 4) is 11.5 Å². The highest BCUT2D eigenvalue weighted by atomic mass is 16.7. The first-order chi connectivity index (χ1) is 16.5. The van der Waals surface area contributed by atoms with Gasteiger partial charge < -0.3 is 18.9 Å². The summed E-state index contributed by atoms with van der Waals surface area (Å²) in [5.41, 5.74) is 1.50. The average molecular weight is 465 g/mol. The smallest absolute Gasteiger partial charge is 0.343 e. The first-order valence-electron chi connectivity index (χ1n) is 12.2. The molecule has 0 N–H and O–H groups in total. The van der Waals surface area contributed by atoms with E-state index < -0.39 is 12.3 Å². The van der Waals surface area contributed by atoms with Crippen LogP contribution < -0.4 is 9.47 Å². The molecule has 2 aromatic rings. The van der Waals surface area contributed by atoms with Crippen molar-refractivity contribution in [3.05, 3.63) is 59.2 Å². The van der Waals surface area contributed by atoms with Gasteiger partial charge in [0.05, 0.1) is 11.1 Å². The summed E-state index contributed by atoms with van der Waals surface area (Å²) in [5, 5.41) is 0. The summed E-state index contributed by atoms with van der Waals surface area (Å²) in [7, 11) is 1.57. The molecule has 4 aliphatic carbocycles. The highest BCUT2D eigenvalue weighted by Crippen LogP contribution is 2.63. The number of benzene rings is 2. The molecule has 0 aliphatic heterocycles. The molecule has 2 aromatic carbocycles. The Morgan fingerprint density at radius 2 is 1.68 bits per heavy atom. The Bertz CT molecular complexity index is 1010. The van der Waals surface area contributed by atoms with Crippen LogP contribution in [-0.4, -0.2) is 32.4 Å². The maximum absolute atomic E-state index is 13.1. The Kier molecular flexibility index (Phi) is 6.45. The molecular weight excluding hydrogens is 432 g/mol. The standard InChI is InChI=1S/C28H32O6/c1-18(31-2)32-17-33-24-9-8-23(16-29)26(34-27(30)22-6-4-3-5-7-22)25(24)28-13-19-10-20(14-28)12-21(11-19)15-28/h3-9,16,18-21H,10-15,17H2,1-2H3. The van der Waals surface area contributed by atoms with Crippen molar-refractivity contribution >= 4 is 12.3 Å². The molecule has 180 valence electrons. The first-order valence-corrected chi connectivity index (χ1v) is 12.2. The monoisotopic (exact) mass is 464 g/mol. The minimum absolute atomic E-state index is 0.000873. The number of methoxy groups -OCH3 is 1. The van der Waals surface area contributed by atoms with Crippen molar-refractivity contribution < 1.29 is 28.5 Å². The lowest BCUT2D eigenvalue weighted by Gasteiger charge is -2.57. The molecule has 6 rings (SSSR count). The van der Waals surface area contributed by atoms with Crippen molar-refractivity contribution in [2.45, 2.75) is 57.2 Å². The Morgan fingerprint density at radius 1 is 1.03 bits per heavy atom. The van der Waals surface area contributed by atoms with E-state index in [2.05, 4.69) is 0 Å². The molecule has 0 aromatic heterocycles. The van der Waals surface area contributed by atoms with Crippen LogP contribution in [0, 0.1) is 17.8 Å². The Balaban J connectivity index is 1.57. The number of carbonyl (C=O) groups is 2. The molecule has 4 aliphatic rings. The lowest BCUT2D eigenvalue weighted by molar-refractivity contribution is -0.150. The predicted molar refractivity (Wildman–Crippen MR) is 126 cm³/mol. The molecule has 34 heavy (non-hydrogen) atoms. The molecule has 0 heterocycles. The molecule has 1 unspecified atom stereocenters.